The van der Waals surface area contributed by atoms with E-state index in [0.717, 1.165) is 18.8 Å². The molecule has 2 aliphatic heterocycles. The van der Waals surface area contributed by atoms with E-state index in [-0.39, 0.29) is 0 Å². The summed E-state index contributed by atoms with van der Waals surface area (Å²) in [7, 11) is 2.21. The average molecular weight is 246 g/mol. The number of ether oxygens (including phenoxy) is 1. The number of rotatable bonds is 2. The van der Waals surface area contributed by atoms with Crippen LogP contribution in [0.5, 0.6) is 5.75 Å². The Morgan fingerprint density at radius 3 is 3.06 bits per heavy atom. The molecule has 2 heterocycles. The van der Waals surface area contributed by atoms with Crippen molar-refractivity contribution in [3.8, 4) is 5.75 Å². The predicted molar refractivity (Wildman–Crippen MR) is 72.9 cm³/mol. The second-order valence-corrected chi connectivity index (χ2v) is 5.50. The second-order valence-electron chi connectivity index (χ2n) is 5.50. The van der Waals surface area contributed by atoms with Gasteiger partial charge in [0.2, 0.25) is 0 Å². The van der Waals surface area contributed by atoms with E-state index in [1.165, 1.54) is 31.5 Å². The maximum absolute atomic E-state index is 5.71. The molecule has 2 aliphatic rings. The van der Waals surface area contributed by atoms with E-state index in [9.17, 15) is 0 Å². The molecule has 1 aromatic carbocycles. The summed E-state index contributed by atoms with van der Waals surface area (Å²) in [6, 6.07) is 9.52. The summed E-state index contributed by atoms with van der Waals surface area (Å²) in [5.74, 6) is 1.06. The number of nitrogens with zero attached hydrogens (tertiary/aromatic N) is 1. The largest absolute Gasteiger partial charge is 0.493 e. The van der Waals surface area contributed by atoms with Crippen LogP contribution in [0.25, 0.3) is 0 Å². The fourth-order valence-corrected chi connectivity index (χ4v) is 3.10. The molecule has 1 aromatic rings. The topological polar surface area (TPSA) is 24.5 Å². The number of fused-ring (bicyclic) bond motifs is 1. The second kappa shape index (κ2) is 5.29. The van der Waals surface area contributed by atoms with Crippen LogP contribution >= 0.6 is 0 Å². The summed E-state index contributed by atoms with van der Waals surface area (Å²) in [5.41, 5.74) is 1.33. The molecule has 0 saturated carbocycles. The molecule has 0 spiro atoms. The van der Waals surface area contributed by atoms with E-state index in [1.54, 1.807) is 0 Å². The fraction of sp³-hybridized carbons (Fsp3) is 0.600. The Kier molecular flexibility index (Phi) is 3.52. The molecule has 3 nitrogen and oxygen atoms in total. The SMILES string of the molecule is CN1CCCC(NC2CCOc3ccccc32)C1. The van der Waals surface area contributed by atoms with E-state index in [4.69, 9.17) is 4.74 Å². The predicted octanol–water partition coefficient (Wildman–Crippen LogP) is 2.19. The van der Waals surface area contributed by atoms with Crippen LogP contribution in [0.4, 0.5) is 0 Å². The number of nitrogens with one attached hydrogen (secondary N) is 1. The van der Waals surface area contributed by atoms with Gasteiger partial charge in [-0.05, 0) is 32.5 Å². The Morgan fingerprint density at radius 1 is 1.28 bits per heavy atom. The summed E-state index contributed by atoms with van der Waals surface area (Å²) in [6.07, 6.45) is 3.68. The molecule has 3 rings (SSSR count). The first kappa shape index (κ1) is 12.0. The lowest BCUT2D eigenvalue weighted by atomic mass is 9.97. The van der Waals surface area contributed by atoms with E-state index >= 15 is 0 Å². The Labute approximate surface area is 109 Å². The van der Waals surface area contributed by atoms with Gasteiger partial charge in [-0.2, -0.15) is 0 Å². The van der Waals surface area contributed by atoms with Crippen LogP contribution in [0, 0.1) is 0 Å². The van der Waals surface area contributed by atoms with E-state index in [2.05, 4.69) is 41.5 Å². The molecular weight excluding hydrogens is 224 g/mol. The van der Waals surface area contributed by atoms with Crippen LogP contribution in [-0.2, 0) is 0 Å². The molecule has 1 saturated heterocycles. The molecule has 0 aliphatic carbocycles. The molecule has 2 atom stereocenters. The highest BCUT2D eigenvalue weighted by molar-refractivity contribution is 5.37. The molecule has 0 amide bonds. The molecule has 0 radical (unpaired) electrons. The first-order valence-corrected chi connectivity index (χ1v) is 6.99. The van der Waals surface area contributed by atoms with Crippen LogP contribution in [0.15, 0.2) is 24.3 Å². The van der Waals surface area contributed by atoms with Crippen LogP contribution in [0.3, 0.4) is 0 Å². The van der Waals surface area contributed by atoms with Gasteiger partial charge in [-0.15, -0.1) is 0 Å². The number of para-hydroxylation sites is 1. The maximum Gasteiger partial charge on any atom is 0.124 e. The Bertz CT molecular complexity index is 407. The minimum absolute atomic E-state index is 0.464. The average Bonchev–Trinajstić information content (AvgIpc) is 2.39. The van der Waals surface area contributed by atoms with Crippen molar-refractivity contribution in [2.75, 3.05) is 26.7 Å². The number of likely N-dealkylation sites (N-methyl/N-ethyl adjacent to an activating group) is 1. The van der Waals surface area contributed by atoms with Crippen LogP contribution < -0.4 is 10.1 Å². The molecule has 3 heteroatoms. The van der Waals surface area contributed by atoms with Crippen LogP contribution in [0.1, 0.15) is 30.9 Å². The van der Waals surface area contributed by atoms with Crippen molar-refractivity contribution in [2.45, 2.75) is 31.3 Å². The van der Waals surface area contributed by atoms with Gasteiger partial charge in [-0.25, -0.2) is 0 Å². The normalized spacial score (nSPS) is 28.5. The van der Waals surface area contributed by atoms with Gasteiger partial charge in [0.15, 0.2) is 0 Å². The highest BCUT2D eigenvalue weighted by atomic mass is 16.5. The molecule has 2 unspecified atom stereocenters. The fourth-order valence-electron chi connectivity index (χ4n) is 3.10. The minimum Gasteiger partial charge on any atom is -0.493 e. The molecule has 0 aromatic heterocycles. The van der Waals surface area contributed by atoms with Crippen molar-refractivity contribution in [3.05, 3.63) is 29.8 Å². The van der Waals surface area contributed by atoms with Gasteiger partial charge < -0.3 is 15.0 Å². The van der Waals surface area contributed by atoms with Crippen molar-refractivity contribution < 1.29 is 4.74 Å². The molecule has 1 N–H and O–H groups in total. The van der Waals surface area contributed by atoms with Crippen LogP contribution in [-0.4, -0.2) is 37.7 Å². The minimum atomic E-state index is 0.464. The standard InChI is InChI=1S/C15H22N2O/c1-17-9-4-5-12(11-17)16-14-8-10-18-15-7-3-2-6-13(14)15/h2-3,6-7,12,14,16H,4-5,8-11H2,1H3. The number of benzene rings is 1. The quantitative estimate of drug-likeness (QED) is 0.865. The summed E-state index contributed by atoms with van der Waals surface area (Å²) < 4.78 is 5.71. The maximum atomic E-state index is 5.71. The number of hydrogen-bond donors (Lipinski definition) is 1. The first-order valence-electron chi connectivity index (χ1n) is 6.99. The Hall–Kier alpha value is -1.06. The highest BCUT2D eigenvalue weighted by Crippen LogP contribution is 2.32. The zero-order valence-electron chi connectivity index (χ0n) is 11.1. The van der Waals surface area contributed by atoms with E-state index in [1.807, 2.05) is 0 Å². The lowest BCUT2D eigenvalue weighted by Crippen LogP contribution is -2.46. The lowest BCUT2D eigenvalue weighted by molar-refractivity contribution is 0.193. The Balaban J connectivity index is 1.70. The molecule has 18 heavy (non-hydrogen) atoms. The van der Waals surface area contributed by atoms with Gasteiger partial charge in [0, 0.05) is 30.6 Å². The number of piperidine rings is 1. The van der Waals surface area contributed by atoms with Gasteiger partial charge in [0.25, 0.3) is 0 Å². The summed E-state index contributed by atoms with van der Waals surface area (Å²) >= 11 is 0. The van der Waals surface area contributed by atoms with Gasteiger partial charge in [-0.1, -0.05) is 18.2 Å². The summed E-state index contributed by atoms with van der Waals surface area (Å²) in [4.78, 5) is 2.42. The van der Waals surface area contributed by atoms with Crippen molar-refractivity contribution in [1.82, 2.24) is 10.2 Å². The number of likely N-dealkylation sites (tertiary alicyclic amines) is 1. The van der Waals surface area contributed by atoms with Crippen molar-refractivity contribution in [3.63, 3.8) is 0 Å². The summed E-state index contributed by atoms with van der Waals surface area (Å²) in [5, 5.41) is 3.82. The van der Waals surface area contributed by atoms with E-state index in [0.29, 0.717) is 12.1 Å². The highest BCUT2D eigenvalue weighted by Gasteiger charge is 2.25. The molecular formula is C15H22N2O. The molecule has 1 fully saturated rings. The van der Waals surface area contributed by atoms with Gasteiger partial charge in [0.1, 0.15) is 5.75 Å². The van der Waals surface area contributed by atoms with Gasteiger partial charge in [0.05, 0.1) is 6.61 Å². The van der Waals surface area contributed by atoms with Crippen molar-refractivity contribution in [2.24, 2.45) is 0 Å². The monoisotopic (exact) mass is 246 g/mol. The summed E-state index contributed by atoms with van der Waals surface area (Å²) in [6.45, 7) is 3.24. The molecule has 98 valence electrons. The van der Waals surface area contributed by atoms with Crippen molar-refractivity contribution >= 4 is 0 Å². The third-order valence-corrected chi connectivity index (χ3v) is 4.02. The van der Waals surface area contributed by atoms with Gasteiger partial charge in [-0.3, -0.25) is 0 Å². The smallest absolute Gasteiger partial charge is 0.124 e. The number of hydrogen-bond acceptors (Lipinski definition) is 3. The Morgan fingerprint density at radius 2 is 2.17 bits per heavy atom. The zero-order valence-corrected chi connectivity index (χ0v) is 11.1. The first-order chi connectivity index (χ1) is 8.83. The van der Waals surface area contributed by atoms with Gasteiger partial charge >= 0.3 is 0 Å². The molecule has 0 bridgehead atoms. The van der Waals surface area contributed by atoms with E-state index < -0.39 is 0 Å². The zero-order chi connectivity index (χ0) is 12.4. The van der Waals surface area contributed by atoms with Crippen molar-refractivity contribution in [1.29, 1.82) is 0 Å². The third-order valence-electron chi connectivity index (χ3n) is 4.02. The van der Waals surface area contributed by atoms with Crippen LogP contribution in [0.2, 0.25) is 0 Å². The third kappa shape index (κ3) is 2.52. The lowest BCUT2D eigenvalue weighted by Gasteiger charge is -2.35.